The number of rotatable bonds is 5. The number of carboxylic acid groups (broad SMARTS) is 1. The molecule has 1 aromatic carbocycles. The molecule has 3 aliphatic heterocycles. The molecule has 0 saturated carbocycles. The SMILES string of the molecule is CC(=O)O.NC1=NN=C(N2CCC(N3C[C@H](Cn4ccnc4)OC[C@@H]3Cc3ccc(Cl)cc3)CC2)C1. The number of hydrogen-bond acceptors (Lipinski definition) is 8. The summed E-state index contributed by atoms with van der Waals surface area (Å²) in [5.41, 5.74) is 7.12. The maximum absolute atomic E-state index is 9.00. The lowest BCUT2D eigenvalue weighted by atomic mass is 9.96. The van der Waals surface area contributed by atoms with E-state index in [1.54, 1.807) is 0 Å². The number of morpholine rings is 1. The van der Waals surface area contributed by atoms with E-state index in [0.29, 0.717) is 24.3 Å². The van der Waals surface area contributed by atoms with Crippen molar-refractivity contribution in [1.82, 2.24) is 19.4 Å². The van der Waals surface area contributed by atoms with Gasteiger partial charge in [-0.1, -0.05) is 23.7 Å². The molecule has 2 aromatic rings. The minimum atomic E-state index is -0.833. The normalized spacial score (nSPS) is 23.0. The molecule has 0 amide bonds. The van der Waals surface area contributed by atoms with Crippen LogP contribution < -0.4 is 5.73 Å². The molecule has 36 heavy (non-hydrogen) atoms. The monoisotopic (exact) mass is 515 g/mol. The minimum Gasteiger partial charge on any atom is -0.481 e. The Hall–Kier alpha value is -2.95. The molecule has 0 aliphatic carbocycles. The number of amidine groups is 2. The van der Waals surface area contributed by atoms with E-state index in [2.05, 4.69) is 41.7 Å². The molecule has 10 nitrogen and oxygen atoms in total. The Labute approximate surface area is 216 Å². The molecule has 194 valence electrons. The zero-order chi connectivity index (χ0) is 25.5. The van der Waals surface area contributed by atoms with E-state index in [1.165, 1.54) is 5.56 Å². The molecule has 0 radical (unpaired) electrons. The number of nitrogens with two attached hydrogens (primary N) is 1. The van der Waals surface area contributed by atoms with Gasteiger partial charge in [-0.25, -0.2) is 4.98 Å². The molecule has 4 heterocycles. The summed E-state index contributed by atoms with van der Waals surface area (Å²) in [5.74, 6) is 0.791. The second kappa shape index (κ2) is 12.3. The van der Waals surface area contributed by atoms with Crippen LogP contribution in [0.15, 0.2) is 53.2 Å². The first-order valence-corrected chi connectivity index (χ1v) is 12.7. The maximum Gasteiger partial charge on any atom is 0.300 e. The fourth-order valence-corrected chi connectivity index (χ4v) is 5.15. The minimum absolute atomic E-state index is 0.163. The van der Waals surface area contributed by atoms with Crippen LogP contribution in [0.5, 0.6) is 0 Å². The summed E-state index contributed by atoms with van der Waals surface area (Å²) < 4.78 is 8.42. The molecular formula is C25H34ClN7O3. The number of piperidine rings is 1. The number of hydrogen-bond donors (Lipinski definition) is 2. The first-order chi connectivity index (χ1) is 17.4. The largest absolute Gasteiger partial charge is 0.481 e. The summed E-state index contributed by atoms with van der Waals surface area (Å²) >= 11 is 6.10. The molecule has 2 saturated heterocycles. The number of ether oxygens (including phenoxy) is 1. The van der Waals surface area contributed by atoms with Gasteiger partial charge in [-0.2, -0.15) is 0 Å². The number of nitrogens with zero attached hydrogens (tertiary/aromatic N) is 6. The van der Waals surface area contributed by atoms with E-state index < -0.39 is 5.97 Å². The van der Waals surface area contributed by atoms with Gasteiger partial charge in [-0.05, 0) is 37.0 Å². The predicted octanol–water partition coefficient (Wildman–Crippen LogP) is 2.48. The van der Waals surface area contributed by atoms with Crippen molar-refractivity contribution in [1.29, 1.82) is 0 Å². The zero-order valence-corrected chi connectivity index (χ0v) is 21.3. The van der Waals surface area contributed by atoms with E-state index in [1.807, 2.05) is 30.9 Å². The van der Waals surface area contributed by atoms with E-state index >= 15 is 0 Å². The molecule has 1 aromatic heterocycles. The molecule has 0 unspecified atom stereocenters. The third-order valence-corrected chi connectivity index (χ3v) is 6.95. The second-order valence-electron chi connectivity index (χ2n) is 9.42. The Bertz CT molecular complexity index is 1050. The lowest BCUT2D eigenvalue weighted by molar-refractivity contribution is -0.134. The standard InChI is InChI=1S/C23H30ClN7O.C2H4O2/c24-18-3-1-17(2-4-18)11-20-15-32-21(13-29-10-7-26-16-29)14-31(20)19-5-8-30(9-6-19)23-12-22(25)27-28-23;1-2(3)4/h1-4,7,10,16,19-21H,5-6,8-9,11-15H2,(H2,25,27);1H3,(H,3,4)/t20-,21-;/m0./s1. The number of aromatic nitrogens is 2. The quantitative estimate of drug-likeness (QED) is 0.627. The third-order valence-electron chi connectivity index (χ3n) is 6.70. The highest BCUT2D eigenvalue weighted by molar-refractivity contribution is 6.30. The molecule has 0 bridgehead atoms. The van der Waals surface area contributed by atoms with Crippen LogP contribution in [0.4, 0.5) is 0 Å². The van der Waals surface area contributed by atoms with E-state index in [4.69, 9.17) is 32.0 Å². The van der Waals surface area contributed by atoms with E-state index in [9.17, 15) is 0 Å². The Morgan fingerprint density at radius 3 is 2.56 bits per heavy atom. The van der Waals surface area contributed by atoms with Crippen molar-refractivity contribution < 1.29 is 14.6 Å². The highest BCUT2D eigenvalue weighted by Gasteiger charge is 2.36. The van der Waals surface area contributed by atoms with Crippen LogP contribution in [-0.2, 0) is 22.5 Å². The highest BCUT2D eigenvalue weighted by atomic mass is 35.5. The number of carboxylic acids is 1. The molecule has 0 spiro atoms. The summed E-state index contributed by atoms with van der Waals surface area (Å²) in [4.78, 5) is 18.2. The van der Waals surface area contributed by atoms with Crippen molar-refractivity contribution >= 4 is 29.2 Å². The van der Waals surface area contributed by atoms with Crippen molar-refractivity contribution in [3.05, 3.63) is 53.6 Å². The van der Waals surface area contributed by atoms with Gasteiger partial charge in [-0.3, -0.25) is 9.69 Å². The van der Waals surface area contributed by atoms with Crippen LogP contribution >= 0.6 is 11.6 Å². The van der Waals surface area contributed by atoms with Crippen molar-refractivity contribution in [3.63, 3.8) is 0 Å². The average molecular weight is 516 g/mol. The van der Waals surface area contributed by atoms with E-state index in [0.717, 1.165) is 69.8 Å². The van der Waals surface area contributed by atoms with Gasteiger partial charge in [0, 0.05) is 56.1 Å². The molecule has 2 atom stereocenters. The third kappa shape index (κ3) is 7.28. The summed E-state index contributed by atoms with van der Waals surface area (Å²) in [6.45, 7) is 5.56. The molecule has 5 rings (SSSR count). The number of carbonyl (C=O) groups is 1. The Kier molecular flexibility index (Phi) is 8.95. The molecule has 3 aliphatic rings. The van der Waals surface area contributed by atoms with E-state index in [-0.39, 0.29) is 6.10 Å². The van der Waals surface area contributed by atoms with Crippen molar-refractivity contribution in [2.75, 3.05) is 26.2 Å². The van der Waals surface area contributed by atoms with Gasteiger partial charge in [0.1, 0.15) is 11.7 Å². The number of halogens is 1. The van der Waals surface area contributed by atoms with Crippen molar-refractivity contribution in [3.8, 4) is 0 Å². The Morgan fingerprint density at radius 2 is 1.94 bits per heavy atom. The lowest BCUT2D eigenvalue weighted by Gasteiger charge is -2.47. The smallest absolute Gasteiger partial charge is 0.300 e. The van der Waals surface area contributed by atoms with Crippen LogP contribution in [0.1, 0.15) is 31.7 Å². The molecule has 3 N–H and O–H groups in total. The van der Waals surface area contributed by atoms with Crippen LogP contribution in [0.2, 0.25) is 5.02 Å². The Balaban J connectivity index is 0.000000709. The van der Waals surface area contributed by atoms with Crippen LogP contribution in [0.3, 0.4) is 0 Å². The van der Waals surface area contributed by atoms with Gasteiger partial charge < -0.3 is 25.0 Å². The molecule has 2 fully saturated rings. The maximum atomic E-state index is 9.00. The first kappa shape index (κ1) is 26.1. The fourth-order valence-electron chi connectivity index (χ4n) is 5.02. The average Bonchev–Trinajstić information content (AvgIpc) is 3.53. The Morgan fingerprint density at radius 1 is 1.22 bits per heavy atom. The highest BCUT2D eigenvalue weighted by Crippen LogP contribution is 2.26. The number of imidazole rings is 1. The topological polar surface area (TPSA) is 122 Å². The second-order valence-corrected chi connectivity index (χ2v) is 9.85. The summed E-state index contributed by atoms with van der Waals surface area (Å²) in [7, 11) is 0. The van der Waals surface area contributed by atoms with Gasteiger partial charge in [0.2, 0.25) is 0 Å². The van der Waals surface area contributed by atoms with Gasteiger partial charge in [0.25, 0.3) is 5.97 Å². The summed E-state index contributed by atoms with van der Waals surface area (Å²) in [6, 6.07) is 9.09. The fraction of sp³-hybridized carbons (Fsp3) is 0.520. The summed E-state index contributed by atoms with van der Waals surface area (Å²) in [5, 5.41) is 16.5. The van der Waals surface area contributed by atoms with Crippen molar-refractivity contribution in [2.24, 2.45) is 15.9 Å². The van der Waals surface area contributed by atoms with Gasteiger partial charge in [-0.15, -0.1) is 10.2 Å². The van der Waals surface area contributed by atoms with Crippen LogP contribution in [0, 0.1) is 0 Å². The zero-order valence-electron chi connectivity index (χ0n) is 20.5. The van der Waals surface area contributed by atoms with Crippen LogP contribution in [0.25, 0.3) is 0 Å². The number of likely N-dealkylation sites (tertiary alicyclic amines) is 1. The van der Waals surface area contributed by atoms with Crippen molar-refractivity contribution in [2.45, 2.75) is 57.3 Å². The predicted molar refractivity (Wildman–Crippen MR) is 139 cm³/mol. The first-order valence-electron chi connectivity index (χ1n) is 12.3. The summed E-state index contributed by atoms with van der Waals surface area (Å²) in [6.07, 6.45) is 9.70. The lowest BCUT2D eigenvalue weighted by Crippen LogP contribution is -2.58. The molecular weight excluding hydrogens is 482 g/mol. The molecule has 11 heteroatoms. The van der Waals surface area contributed by atoms with Gasteiger partial charge in [0.15, 0.2) is 0 Å². The van der Waals surface area contributed by atoms with Gasteiger partial charge >= 0.3 is 0 Å². The van der Waals surface area contributed by atoms with Gasteiger partial charge in [0.05, 0.1) is 32.0 Å². The number of benzene rings is 1. The van der Waals surface area contributed by atoms with Crippen LogP contribution in [-0.4, -0.2) is 86.5 Å². The number of aliphatic carboxylic acids is 1.